The van der Waals surface area contributed by atoms with Crippen molar-refractivity contribution in [2.45, 2.75) is 38.8 Å². The number of H-pyrrole nitrogens is 1. The monoisotopic (exact) mass is 341 g/mol. The van der Waals surface area contributed by atoms with Gasteiger partial charge >= 0.3 is 0 Å². The molecule has 1 aliphatic heterocycles. The van der Waals surface area contributed by atoms with Gasteiger partial charge in [0.25, 0.3) is 11.5 Å². The molecule has 1 aliphatic rings. The van der Waals surface area contributed by atoms with Crippen molar-refractivity contribution in [3.63, 3.8) is 0 Å². The van der Waals surface area contributed by atoms with Gasteiger partial charge in [0.15, 0.2) is 5.82 Å². The second-order valence-corrected chi connectivity index (χ2v) is 6.53. The number of hydrogen-bond donors (Lipinski definition) is 1. The van der Waals surface area contributed by atoms with E-state index in [0.717, 1.165) is 49.0 Å². The first-order valence-corrected chi connectivity index (χ1v) is 8.30. The summed E-state index contributed by atoms with van der Waals surface area (Å²) in [6.07, 6.45) is 4.33. The van der Waals surface area contributed by atoms with Crippen LogP contribution in [-0.2, 0) is 19.5 Å². The summed E-state index contributed by atoms with van der Waals surface area (Å²) in [5.74, 6) is 1.46. The molecule has 0 radical (unpaired) electrons. The van der Waals surface area contributed by atoms with E-state index >= 15 is 0 Å². The molecule has 2 aromatic heterocycles. The standard InChI is InChI=1S/C13H16ClN5O2S/c1-18(13(21)11-10(14)12(20)17-22-11)7-9-16-15-8-5-3-2-4-6-19(8)9/h2-7H2,1H3,(H,17,20). The van der Waals surface area contributed by atoms with Crippen LogP contribution in [0.15, 0.2) is 4.79 Å². The summed E-state index contributed by atoms with van der Waals surface area (Å²) in [4.78, 5) is 25.4. The highest BCUT2D eigenvalue weighted by molar-refractivity contribution is 7.08. The lowest BCUT2D eigenvalue weighted by Gasteiger charge is -2.16. The SMILES string of the molecule is CN(Cc1nnc2n1CCCCC2)C(=O)c1s[nH]c(=O)c1Cl. The Labute approximate surface area is 136 Å². The number of aromatic amines is 1. The Hall–Kier alpha value is -1.67. The first-order valence-electron chi connectivity index (χ1n) is 7.11. The Balaban J connectivity index is 1.78. The van der Waals surface area contributed by atoms with Gasteiger partial charge in [0.05, 0.1) is 6.54 Å². The molecule has 0 bridgehead atoms. The predicted octanol–water partition coefficient (Wildman–Crippen LogP) is 1.68. The number of carbonyl (C=O) groups is 1. The highest BCUT2D eigenvalue weighted by Crippen LogP contribution is 2.19. The molecule has 0 saturated heterocycles. The maximum Gasteiger partial charge on any atom is 0.277 e. The molecule has 0 aromatic carbocycles. The minimum Gasteiger partial charge on any atom is -0.333 e. The summed E-state index contributed by atoms with van der Waals surface area (Å²) < 4.78 is 4.56. The minimum absolute atomic E-state index is 0.0538. The number of aromatic nitrogens is 4. The molecule has 3 heterocycles. The fraction of sp³-hybridized carbons (Fsp3) is 0.538. The fourth-order valence-electron chi connectivity index (χ4n) is 2.55. The van der Waals surface area contributed by atoms with Crippen LogP contribution in [0.3, 0.4) is 0 Å². The van der Waals surface area contributed by atoms with Gasteiger partial charge in [0.2, 0.25) is 0 Å². The summed E-state index contributed by atoms with van der Waals surface area (Å²) >= 11 is 6.81. The number of aryl methyl sites for hydroxylation is 1. The summed E-state index contributed by atoms with van der Waals surface area (Å²) in [5.41, 5.74) is -0.431. The van der Waals surface area contributed by atoms with E-state index in [1.165, 1.54) is 11.3 Å². The Kier molecular flexibility index (Phi) is 4.30. The number of carbonyl (C=O) groups excluding carboxylic acids is 1. The van der Waals surface area contributed by atoms with Crippen LogP contribution < -0.4 is 5.56 Å². The number of fused-ring (bicyclic) bond motifs is 1. The molecule has 2 aromatic rings. The third kappa shape index (κ3) is 2.80. The van der Waals surface area contributed by atoms with Crippen molar-refractivity contribution in [3.8, 4) is 0 Å². The highest BCUT2D eigenvalue weighted by Gasteiger charge is 2.22. The van der Waals surface area contributed by atoms with E-state index in [1.54, 1.807) is 7.05 Å². The average Bonchev–Trinajstić information content (AvgIpc) is 2.94. The van der Waals surface area contributed by atoms with E-state index in [1.807, 2.05) is 0 Å². The van der Waals surface area contributed by atoms with Crippen molar-refractivity contribution in [3.05, 3.63) is 31.9 Å². The lowest BCUT2D eigenvalue weighted by Crippen LogP contribution is -2.27. The molecule has 0 saturated carbocycles. The lowest BCUT2D eigenvalue weighted by molar-refractivity contribution is 0.0784. The molecule has 118 valence electrons. The second-order valence-electron chi connectivity index (χ2n) is 5.33. The van der Waals surface area contributed by atoms with Gasteiger partial charge in [-0.05, 0) is 12.8 Å². The van der Waals surface area contributed by atoms with Gasteiger partial charge in [-0.15, -0.1) is 10.2 Å². The third-order valence-electron chi connectivity index (χ3n) is 3.75. The smallest absolute Gasteiger partial charge is 0.277 e. The van der Waals surface area contributed by atoms with Crippen molar-refractivity contribution >= 4 is 29.0 Å². The van der Waals surface area contributed by atoms with Crippen LogP contribution in [0.2, 0.25) is 5.02 Å². The maximum atomic E-state index is 12.4. The Morgan fingerprint density at radius 1 is 1.41 bits per heavy atom. The van der Waals surface area contributed by atoms with E-state index in [-0.39, 0.29) is 15.8 Å². The van der Waals surface area contributed by atoms with Crippen LogP contribution in [0.25, 0.3) is 0 Å². The van der Waals surface area contributed by atoms with Gasteiger partial charge in [-0.1, -0.05) is 29.6 Å². The Morgan fingerprint density at radius 2 is 2.23 bits per heavy atom. The average molecular weight is 342 g/mol. The number of nitrogens with zero attached hydrogens (tertiary/aromatic N) is 4. The van der Waals surface area contributed by atoms with Crippen LogP contribution in [0.1, 0.15) is 40.6 Å². The van der Waals surface area contributed by atoms with Gasteiger partial charge in [0.1, 0.15) is 15.7 Å². The number of halogens is 1. The summed E-state index contributed by atoms with van der Waals surface area (Å²) in [7, 11) is 1.67. The molecule has 0 spiro atoms. The van der Waals surface area contributed by atoms with Crippen molar-refractivity contribution in [1.29, 1.82) is 0 Å². The predicted molar refractivity (Wildman–Crippen MR) is 83.3 cm³/mol. The van der Waals surface area contributed by atoms with Crippen molar-refractivity contribution < 1.29 is 4.79 Å². The fourth-order valence-corrected chi connectivity index (χ4v) is 3.57. The van der Waals surface area contributed by atoms with Crippen LogP contribution in [0.5, 0.6) is 0 Å². The lowest BCUT2D eigenvalue weighted by atomic mass is 10.2. The molecule has 7 nitrogen and oxygen atoms in total. The summed E-state index contributed by atoms with van der Waals surface area (Å²) in [5, 5.41) is 8.37. The number of nitrogens with one attached hydrogen (secondary N) is 1. The molecule has 0 unspecified atom stereocenters. The topological polar surface area (TPSA) is 83.9 Å². The van der Waals surface area contributed by atoms with Crippen LogP contribution >= 0.6 is 23.1 Å². The molecular weight excluding hydrogens is 326 g/mol. The quantitative estimate of drug-likeness (QED) is 0.920. The molecule has 1 N–H and O–H groups in total. The molecule has 0 fully saturated rings. The molecule has 0 atom stereocenters. The van der Waals surface area contributed by atoms with E-state index in [4.69, 9.17) is 11.6 Å². The largest absolute Gasteiger partial charge is 0.333 e. The van der Waals surface area contributed by atoms with Gasteiger partial charge in [-0.3, -0.25) is 14.0 Å². The number of hydrogen-bond acceptors (Lipinski definition) is 5. The Bertz CT molecular complexity index is 750. The van der Waals surface area contributed by atoms with Gasteiger partial charge in [-0.2, -0.15) is 0 Å². The first-order chi connectivity index (χ1) is 10.6. The van der Waals surface area contributed by atoms with Gasteiger partial charge in [0, 0.05) is 20.0 Å². The van der Waals surface area contributed by atoms with E-state index in [9.17, 15) is 9.59 Å². The zero-order valence-corrected chi connectivity index (χ0v) is 13.7. The number of rotatable bonds is 3. The highest BCUT2D eigenvalue weighted by atomic mass is 35.5. The third-order valence-corrected chi connectivity index (χ3v) is 5.09. The van der Waals surface area contributed by atoms with Gasteiger partial charge < -0.3 is 9.47 Å². The number of amides is 1. The van der Waals surface area contributed by atoms with Crippen LogP contribution in [0.4, 0.5) is 0 Å². The van der Waals surface area contributed by atoms with Crippen molar-refractivity contribution in [2.24, 2.45) is 0 Å². The normalized spacial score (nSPS) is 14.5. The summed E-state index contributed by atoms with van der Waals surface area (Å²) in [6, 6.07) is 0. The van der Waals surface area contributed by atoms with E-state index in [2.05, 4.69) is 19.1 Å². The second kappa shape index (κ2) is 6.21. The van der Waals surface area contributed by atoms with Crippen molar-refractivity contribution in [2.75, 3.05) is 7.05 Å². The van der Waals surface area contributed by atoms with E-state index < -0.39 is 5.56 Å². The molecular formula is C13H16ClN5O2S. The maximum absolute atomic E-state index is 12.4. The zero-order valence-electron chi connectivity index (χ0n) is 12.1. The first kappa shape index (κ1) is 15.2. The zero-order chi connectivity index (χ0) is 15.7. The van der Waals surface area contributed by atoms with Gasteiger partial charge in [-0.25, -0.2) is 0 Å². The molecule has 9 heteroatoms. The van der Waals surface area contributed by atoms with Crippen LogP contribution in [-0.4, -0.2) is 37.0 Å². The molecule has 1 amide bonds. The molecule has 3 rings (SSSR count). The van der Waals surface area contributed by atoms with Crippen molar-refractivity contribution in [1.82, 2.24) is 24.0 Å². The Morgan fingerprint density at radius 3 is 2.95 bits per heavy atom. The minimum atomic E-state index is -0.431. The molecule has 0 aliphatic carbocycles. The van der Waals surface area contributed by atoms with E-state index in [0.29, 0.717) is 6.54 Å². The summed E-state index contributed by atoms with van der Waals surface area (Å²) in [6.45, 7) is 1.23. The van der Waals surface area contributed by atoms with Crippen LogP contribution in [0, 0.1) is 0 Å². The molecule has 22 heavy (non-hydrogen) atoms.